The van der Waals surface area contributed by atoms with Crippen molar-refractivity contribution in [3.05, 3.63) is 64.7 Å². The first-order chi connectivity index (χ1) is 11.1. The predicted molar refractivity (Wildman–Crippen MR) is 90.9 cm³/mol. The summed E-state index contributed by atoms with van der Waals surface area (Å²) in [7, 11) is 1.32. The van der Waals surface area contributed by atoms with Gasteiger partial charge in [-0.1, -0.05) is 37.6 Å². The number of hydrogen-bond acceptors (Lipinski definition) is 3. The van der Waals surface area contributed by atoms with E-state index in [0.29, 0.717) is 16.8 Å². The van der Waals surface area contributed by atoms with E-state index in [4.69, 9.17) is 4.74 Å². The number of ether oxygens (including phenoxy) is 1. The highest BCUT2D eigenvalue weighted by Crippen LogP contribution is 2.22. The summed E-state index contributed by atoms with van der Waals surface area (Å²) < 4.78 is 4.77. The number of anilines is 1. The second-order valence-corrected chi connectivity index (χ2v) is 5.39. The van der Waals surface area contributed by atoms with E-state index in [2.05, 4.69) is 12.2 Å². The molecule has 4 nitrogen and oxygen atoms in total. The molecule has 0 fully saturated rings. The zero-order chi connectivity index (χ0) is 16.8. The topological polar surface area (TPSA) is 55.4 Å². The Morgan fingerprint density at radius 2 is 1.78 bits per heavy atom. The number of esters is 1. The Bertz CT molecular complexity index is 705. The molecule has 4 heteroatoms. The van der Waals surface area contributed by atoms with Crippen molar-refractivity contribution in [2.24, 2.45) is 0 Å². The maximum absolute atomic E-state index is 12.4. The lowest BCUT2D eigenvalue weighted by atomic mass is 10.1. The van der Waals surface area contributed by atoms with Gasteiger partial charge in [0.1, 0.15) is 0 Å². The van der Waals surface area contributed by atoms with E-state index in [1.54, 1.807) is 24.3 Å². The fraction of sp³-hybridized carbons (Fsp3) is 0.263. The molecule has 1 N–H and O–H groups in total. The van der Waals surface area contributed by atoms with Crippen LogP contribution in [0, 0.1) is 6.92 Å². The van der Waals surface area contributed by atoms with Gasteiger partial charge in [-0.3, -0.25) is 4.79 Å². The van der Waals surface area contributed by atoms with Crippen LogP contribution in [0.3, 0.4) is 0 Å². The van der Waals surface area contributed by atoms with Crippen LogP contribution in [-0.2, 0) is 11.2 Å². The highest BCUT2D eigenvalue weighted by atomic mass is 16.5. The quantitative estimate of drug-likeness (QED) is 0.850. The summed E-state index contributed by atoms with van der Waals surface area (Å²) in [5, 5.41) is 2.82. The minimum absolute atomic E-state index is 0.243. The minimum Gasteiger partial charge on any atom is -0.465 e. The Labute approximate surface area is 136 Å². The van der Waals surface area contributed by atoms with E-state index in [1.807, 2.05) is 25.1 Å². The number of para-hydroxylation sites is 1. The highest BCUT2D eigenvalue weighted by Gasteiger charge is 2.16. The molecule has 0 atom stereocenters. The molecule has 0 spiro atoms. The first-order valence-corrected chi connectivity index (χ1v) is 7.65. The largest absolute Gasteiger partial charge is 0.465 e. The third-order valence-corrected chi connectivity index (χ3v) is 3.67. The van der Waals surface area contributed by atoms with Crippen LogP contribution in [0.25, 0.3) is 0 Å². The van der Waals surface area contributed by atoms with Gasteiger partial charge < -0.3 is 10.1 Å². The SMILES string of the molecule is CCCc1ccc(C(=O)Nc2c(C)cccc2C(=O)OC)cc1. The van der Waals surface area contributed by atoms with Crippen LogP contribution in [0.15, 0.2) is 42.5 Å². The van der Waals surface area contributed by atoms with E-state index in [9.17, 15) is 9.59 Å². The maximum atomic E-state index is 12.4. The van der Waals surface area contributed by atoms with Gasteiger partial charge in [0.25, 0.3) is 5.91 Å². The van der Waals surface area contributed by atoms with Gasteiger partial charge in [0.2, 0.25) is 0 Å². The van der Waals surface area contributed by atoms with Crippen LogP contribution in [0.4, 0.5) is 5.69 Å². The summed E-state index contributed by atoms with van der Waals surface area (Å²) in [6, 6.07) is 12.8. The van der Waals surface area contributed by atoms with Gasteiger partial charge in [-0.25, -0.2) is 4.79 Å². The van der Waals surface area contributed by atoms with Crippen molar-refractivity contribution in [3.63, 3.8) is 0 Å². The van der Waals surface area contributed by atoms with E-state index in [-0.39, 0.29) is 5.91 Å². The first kappa shape index (κ1) is 16.7. The number of amides is 1. The van der Waals surface area contributed by atoms with E-state index in [1.165, 1.54) is 12.7 Å². The number of carbonyl (C=O) groups is 2. The molecule has 0 heterocycles. The number of nitrogens with one attached hydrogen (secondary N) is 1. The van der Waals surface area contributed by atoms with Crippen molar-refractivity contribution in [1.82, 2.24) is 0 Å². The second-order valence-electron chi connectivity index (χ2n) is 5.39. The van der Waals surface area contributed by atoms with Crippen LogP contribution >= 0.6 is 0 Å². The molecule has 0 aromatic heterocycles. The fourth-order valence-electron chi connectivity index (χ4n) is 2.41. The maximum Gasteiger partial charge on any atom is 0.339 e. The average molecular weight is 311 g/mol. The first-order valence-electron chi connectivity index (χ1n) is 7.65. The van der Waals surface area contributed by atoms with Crippen LogP contribution in [-0.4, -0.2) is 19.0 Å². The van der Waals surface area contributed by atoms with Crippen molar-refractivity contribution in [2.75, 3.05) is 12.4 Å². The van der Waals surface area contributed by atoms with Crippen molar-refractivity contribution in [2.45, 2.75) is 26.7 Å². The highest BCUT2D eigenvalue weighted by molar-refractivity contribution is 6.08. The van der Waals surface area contributed by atoms with Gasteiger partial charge in [-0.05, 0) is 42.7 Å². The zero-order valence-electron chi connectivity index (χ0n) is 13.7. The second kappa shape index (κ2) is 7.58. The van der Waals surface area contributed by atoms with Crippen molar-refractivity contribution in [3.8, 4) is 0 Å². The van der Waals surface area contributed by atoms with Gasteiger partial charge in [-0.2, -0.15) is 0 Å². The normalized spacial score (nSPS) is 10.2. The number of hydrogen-bond donors (Lipinski definition) is 1. The lowest BCUT2D eigenvalue weighted by molar-refractivity contribution is 0.0602. The van der Waals surface area contributed by atoms with Crippen LogP contribution < -0.4 is 5.32 Å². The van der Waals surface area contributed by atoms with E-state index in [0.717, 1.165) is 18.4 Å². The molecular weight excluding hydrogens is 290 g/mol. The van der Waals surface area contributed by atoms with E-state index < -0.39 is 5.97 Å². The number of methoxy groups -OCH3 is 1. The Hall–Kier alpha value is -2.62. The van der Waals surface area contributed by atoms with Gasteiger partial charge in [0.15, 0.2) is 0 Å². The molecular formula is C19H21NO3. The molecule has 0 aliphatic carbocycles. The summed E-state index contributed by atoms with van der Waals surface area (Å²) in [5.74, 6) is -0.713. The summed E-state index contributed by atoms with van der Waals surface area (Å²) in [4.78, 5) is 24.3. The van der Waals surface area contributed by atoms with Crippen LogP contribution in [0.1, 0.15) is 45.2 Å². The summed E-state index contributed by atoms with van der Waals surface area (Å²) in [6.07, 6.45) is 2.06. The third kappa shape index (κ3) is 3.97. The third-order valence-electron chi connectivity index (χ3n) is 3.67. The lowest BCUT2D eigenvalue weighted by Crippen LogP contribution is -2.16. The Morgan fingerprint density at radius 1 is 1.09 bits per heavy atom. The molecule has 0 unspecified atom stereocenters. The van der Waals surface area contributed by atoms with Crippen molar-refractivity contribution in [1.29, 1.82) is 0 Å². The van der Waals surface area contributed by atoms with Crippen molar-refractivity contribution < 1.29 is 14.3 Å². The Balaban J connectivity index is 2.24. The van der Waals surface area contributed by atoms with Crippen molar-refractivity contribution >= 4 is 17.6 Å². The fourth-order valence-corrected chi connectivity index (χ4v) is 2.41. The van der Waals surface area contributed by atoms with Gasteiger partial charge in [0, 0.05) is 5.56 Å². The summed E-state index contributed by atoms with van der Waals surface area (Å²) in [5.41, 5.74) is 3.41. The van der Waals surface area contributed by atoms with E-state index >= 15 is 0 Å². The number of aryl methyl sites for hydroxylation is 2. The average Bonchev–Trinajstić information content (AvgIpc) is 2.57. The molecule has 120 valence electrons. The number of rotatable bonds is 5. The van der Waals surface area contributed by atoms with Crippen LogP contribution in [0.2, 0.25) is 0 Å². The number of carbonyl (C=O) groups excluding carboxylic acids is 2. The standard InChI is InChI=1S/C19H21NO3/c1-4-6-14-9-11-15(12-10-14)18(21)20-17-13(2)7-5-8-16(17)19(22)23-3/h5,7-12H,4,6H2,1-3H3,(H,20,21). The van der Waals surface area contributed by atoms with Gasteiger partial charge in [0.05, 0.1) is 18.4 Å². The minimum atomic E-state index is -0.470. The summed E-state index contributed by atoms with van der Waals surface area (Å²) in [6.45, 7) is 3.96. The zero-order valence-corrected chi connectivity index (χ0v) is 13.7. The molecule has 0 aliphatic rings. The molecule has 23 heavy (non-hydrogen) atoms. The number of benzene rings is 2. The van der Waals surface area contributed by atoms with Gasteiger partial charge >= 0.3 is 5.97 Å². The Kier molecular flexibility index (Phi) is 5.52. The summed E-state index contributed by atoms with van der Waals surface area (Å²) >= 11 is 0. The predicted octanol–water partition coefficient (Wildman–Crippen LogP) is 3.99. The molecule has 1 amide bonds. The molecule has 0 radical (unpaired) electrons. The molecule has 0 bridgehead atoms. The molecule has 2 aromatic carbocycles. The molecule has 0 saturated heterocycles. The Morgan fingerprint density at radius 3 is 2.39 bits per heavy atom. The molecule has 0 aliphatic heterocycles. The smallest absolute Gasteiger partial charge is 0.339 e. The van der Waals surface area contributed by atoms with Crippen LogP contribution in [0.5, 0.6) is 0 Å². The molecule has 0 saturated carbocycles. The van der Waals surface area contributed by atoms with Gasteiger partial charge in [-0.15, -0.1) is 0 Å². The monoisotopic (exact) mass is 311 g/mol. The molecule has 2 aromatic rings. The lowest BCUT2D eigenvalue weighted by Gasteiger charge is -2.13. The molecule has 2 rings (SSSR count).